The highest BCUT2D eigenvalue weighted by molar-refractivity contribution is 7.89. The second-order valence-electron chi connectivity index (χ2n) is 4.30. The molecule has 0 heterocycles. The Morgan fingerprint density at radius 2 is 2.00 bits per heavy atom. The molecule has 0 bridgehead atoms. The average molecular weight is 285 g/mol. The number of benzene rings is 1. The van der Waals surface area contributed by atoms with Crippen LogP contribution in [0.1, 0.15) is 19.8 Å². The molecule has 0 saturated heterocycles. The largest absolute Gasteiger partial charge is 0.330 e. The number of carbonyl (C=O) groups excluding carboxylic acids is 1. The van der Waals surface area contributed by atoms with Crippen molar-refractivity contribution in [2.75, 3.05) is 11.9 Å². The number of amides is 1. The van der Waals surface area contributed by atoms with Gasteiger partial charge in [0, 0.05) is 6.42 Å². The second kappa shape index (κ2) is 6.65. The zero-order chi connectivity index (χ0) is 14.5. The van der Waals surface area contributed by atoms with Crippen molar-refractivity contribution in [1.29, 1.82) is 0 Å². The summed E-state index contributed by atoms with van der Waals surface area (Å²) in [6, 6.07) is 6.03. The van der Waals surface area contributed by atoms with Gasteiger partial charge in [-0.3, -0.25) is 4.79 Å². The fourth-order valence-corrected chi connectivity index (χ4v) is 2.37. The number of rotatable bonds is 6. The minimum Gasteiger partial charge on any atom is -0.330 e. The molecule has 1 atom stereocenters. The molecule has 6 nitrogen and oxygen atoms in total. The van der Waals surface area contributed by atoms with Gasteiger partial charge >= 0.3 is 0 Å². The molecule has 1 aromatic rings. The highest BCUT2D eigenvalue weighted by Crippen LogP contribution is 2.20. The van der Waals surface area contributed by atoms with E-state index in [2.05, 4.69) is 5.32 Å². The van der Waals surface area contributed by atoms with Crippen molar-refractivity contribution >= 4 is 21.6 Å². The van der Waals surface area contributed by atoms with E-state index in [0.29, 0.717) is 6.54 Å². The van der Waals surface area contributed by atoms with E-state index in [1.54, 1.807) is 12.1 Å². The minimum atomic E-state index is -3.86. The summed E-state index contributed by atoms with van der Waals surface area (Å²) in [5.41, 5.74) is 5.72. The first-order chi connectivity index (χ1) is 8.88. The van der Waals surface area contributed by atoms with E-state index in [-0.39, 0.29) is 28.8 Å². The van der Waals surface area contributed by atoms with Crippen LogP contribution in [0.3, 0.4) is 0 Å². The smallest absolute Gasteiger partial charge is 0.240 e. The number of nitrogens with two attached hydrogens (primary N) is 2. The van der Waals surface area contributed by atoms with Crippen LogP contribution in [0.2, 0.25) is 0 Å². The molecule has 0 spiro atoms. The van der Waals surface area contributed by atoms with Crippen molar-refractivity contribution in [2.24, 2.45) is 16.8 Å². The maximum Gasteiger partial charge on any atom is 0.240 e. The highest BCUT2D eigenvalue weighted by Gasteiger charge is 2.16. The summed E-state index contributed by atoms with van der Waals surface area (Å²) in [4.78, 5) is 11.7. The van der Waals surface area contributed by atoms with Crippen LogP contribution in [-0.2, 0) is 14.8 Å². The van der Waals surface area contributed by atoms with E-state index in [1.165, 1.54) is 12.1 Å². The first kappa shape index (κ1) is 15.6. The number of hydrogen-bond donors (Lipinski definition) is 3. The normalized spacial score (nSPS) is 13.0. The molecule has 1 rings (SSSR count). The molecule has 0 aliphatic rings. The Morgan fingerprint density at radius 3 is 2.53 bits per heavy atom. The van der Waals surface area contributed by atoms with Gasteiger partial charge < -0.3 is 11.1 Å². The van der Waals surface area contributed by atoms with Gasteiger partial charge in [-0.2, -0.15) is 0 Å². The Hall–Kier alpha value is -1.44. The van der Waals surface area contributed by atoms with Gasteiger partial charge in [-0.25, -0.2) is 13.6 Å². The Labute approximate surface area is 113 Å². The summed E-state index contributed by atoms with van der Waals surface area (Å²) in [5.74, 6) is -0.185. The van der Waals surface area contributed by atoms with Crippen LogP contribution in [0.15, 0.2) is 29.2 Å². The third-order valence-corrected chi connectivity index (χ3v) is 3.82. The lowest BCUT2D eigenvalue weighted by Crippen LogP contribution is -2.23. The standard InChI is InChI=1S/C12H19N3O3S/c1-2-9(8-13)7-12(16)15-10-5-3-4-6-11(10)19(14,17)18/h3-6,9H,2,7-8,13H2,1H3,(H,15,16)(H2,14,17,18). The van der Waals surface area contributed by atoms with Crippen molar-refractivity contribution in [3.63, 3.8) is 0 Å². The number of hydrogen-bond acceptors (Lipinski definition) is 4. The molecule has 0 aromatic heterocycles. The average Bonchev–Trinajstić information content (AvgIpc) is 2.35. The lowest BCUT2D eigenvalue weighted by molar-refractivity contribution is -0.117. The summed E-state index contributed by atoms with van der Waals surface area (Å²) in [6.45, 7) is 2.36. The van der Waals surface area contributed by atoms with Gasteiger partial charge in [-0.15, -0.1) is 0 Å². The number of primary sulfonamides is 1. The molecular weight excluding hydrogens is 266 g/mol. The fourth-order valence-electron chi connectivity index (χ4n) is 1.68. The van der Waals surface area contributed by atoms with Gasteiger partial charge in [0.1, 0.15) is 4.90 Å². The Bertz CT molecular complexity index is 539. The predicted octanol–water partition coefficient (Wildman–Crippen LogP) is 0.647. The van der Waals surface area contributed by atoms with E-state index >= 15 is 0 Å². The molecule has 106 valence electrons. The van der Waals surface area contributed by atoms with E-state index in [1.807, 2.05) is 6.92 Å². The Kier molecular flexibility index (Phi) is 5.46. The van der Waals surface area contributed by atoms with Gasteiger partial charge in [-0.1, -0.05) is 25.5 Å². The van der Waals surface area contributed by atoms with E-state index in [0.717, 1.165) is 6.42 Å². The van der Waals surface area contributed by atoms with Gasteiger partial charge in [0.05, 0.1) is 5.69 Å². The van der Waals surface area contributed by atoms with Crippen molar-refractivity contribution in [2.45, 2.75) is 24.7 Å². The molecule has 1 amide bonds. The topological polar surface area (TPSA) is 115 Å². The van der Waals surface area contributed by atoms with E-state index < -0.39 is 10.0 Å². The summed E-state index contributed by atoms with van der Waals surface area (Å²) >= 11 is 0. The lowest BCUT2D eigenvalue weighted by Gasteiger charge is -2.13. The van der Waals surface area contributed by atoms with Gasteiger partial charge in [0.2, 0.25) is 15.9 Å². The Morgan fingerprint density at radius 1 is 1.37 bits per heavy atom. The maximum absolute atomic E-state index is 11.8. The number of carbonyl (C=O) groups is 1. The first-order valence-electron chi connectivity index (χ1n) is 6.00. The van der Waals surface area contributed by atoms with Gasteiger partial charge in [0.25, 0.3) is 0 Å². The van der Waals surface area contributed by atoms with Crippen LogP contribution in [0.25, 0.3) is 0 Å². The molecule has 19 heavy (non-hydrogen) atoms. The number of sulfonamides is 1. The van der Waals surface area contributed by atoms with Crippen molar-refractivity contribution < 1.29 is 13.2 Å². The molecule has 0 radical (unpaired) electrons. The summed E-state index contributed by atoms with van der Waals surface area (Å²) in [5, 5.41) is 7.65. The summed E-state index contributed by atoms with van der Waals surface area (Å²) in [7, 11) is -3.86. The number of anilines is 1. The van der Waals surface area contributed by atoms with E-state index in [9.17, 15) is 13.2 Å². The Balaban J connectivity index is 2.86. The third-order valence-electron chi connectivity index (χ3n) is 2.85. The number of nitrogens with one attached hydrogen (secondary N) is 1. The van der Waals surface area contributed by atoms with Crippen molar-refractivity contribution in [3.05, 3.63) is 24.3 Å². The molecule has 0 aliphatic carbocycles. The van der Waals surface area contributed by atoms with Crippen LogP contribution in [0.4, 0.5) is 5.69 Å². The molecule has 7 heteroatoms. The second-order valence-corrected chi connectivity index (χ2v) is 5.83. The summed E-state index contributed by atoms with van der Waals surface area (Å²) < 4.78 is 22.8. The predicted molar refractivity (Wildman–Crippen MR) is 73.9 cm³/mol. The maximum atomic E-state index is 11.8. The first-order valence-corrected chi connectivity index (χ1v) is 7.54. The number of para-hydroxylation sites is 1. The van der Waals surface area contributed by atoms with E-state index in [4.69, 9.17) is 10.9 Å². The molecule has 0 fully saturated rings. The van der Waals surface area contributed by atoms with Gasteiger partial charge in [0.15, 0.2) is 0 Å². The SMILES string of the molecule is CCC(CN)CC(=O)Nc1ccccc1S(N)(=O)=O. The molecule has 1 aromatic carbocycles. The fraction of sp³-hybridized carbons (Fsp3) is 0.417. The van der Waals surface area contributed by atoms with Crippen molar-refractivity contribution in [1.82, 2.24) is 0 Å². The molecule has 0 aliphatic heterocycles. The minimum absolute atomic E-state index is 0.0849. The van der Waals surface area contributed by atoms with Crippen LogP contribution in [0, 0.1) is 5.92 Å². The van der Waals surface area contributed by atoms with Crippen LogP contribution >= 0.6 is 0 Å². The highest BCUT2D eigenvalue weighted by atomic mass is 32.2. The zero-order valence-corrected chi connectivity index (χ0v) is 11.6. The quantitative estimate of drug-likeness (QED) is 0.711. The molecular formula is C12H19N3O3S. The van der Waals surface area contributed by atoms with Crippen LogP contribution in [0.5, 0.6) is 0 Å². The third kappa shape index (κ3) is 4.62. The van der Waals surface area contributed by atoms with Crippen LogP contribution < -0.4 is 16.2 Å². The molecule has 5 N–H and O–H groups in total. The molecule has 1 unspecified atom stereocenters. The summed E-state index contributed by atoms with van der Waals surface area (Å²) in [6.07, 6.45) is 1.05. The van der Waals surface area contributed by atoms with Gasteiger partial charge in [-0.05, 0) is 24.6 Å². The van der Waals surface area contributed by atoms with Crippen molar-refractivity contribution in [3.8, 4) is 0 Å². The van der Waals surface area contributed by atoms with Crippen LogP contribution in [-0.4, -0.2) is 20.9 Å². The molecule has 0 saturated carbocycles. The zero-order valence-electron chi connectivity index (χ0n) is 10.8. The monoisotopic (exact) mass is 285 g/mol. The lowest BCUT2D eigenvalue weighted by atomic mass is 10.0.